The van der Waals surface area contributed by atoms with Crippen LogP contribution in [0.15, 0.2) is 207 Å². The van der Waals surface area contributed by atoms with Gasteiger partial charge in [0.2, 0.25) is 0 Å². The molecule has 2 nitrogen and oxygen atoms in total. The molecule has 0 aliphatic heterocycles. The molecule has 0 unspecified atom stereocenters. The molecular formula is C64H51FN2. The number of aryl methyl sites for hydroxylation is 1. The maximum absolute atomic E-state index is 14.7. The van der Waals surface area contributed by atoms with Crippen molar-refractivity contribution in [3.8, 4) is 66.8 Å². The largest absolute Gasteiger partial charge is 0.311 e. The smallest absolute Gasteiger partial charge is 0.123 e. The fourth-order valence-electron chi connectivity index (χ4n) is 13.3. The van der Waals surface area contributed by atoms with E-state index in [1.165, 1.54) is 104 Å². The monoisotopic (exact) mass is 866 g/mol. The third-order valence-corrected chi connectivity index (χ3v) is 16.1. The lowest BCUT2D eigenvalue weighted by Gasteiger charge is -2.61. The highest BCUT2D eigenvalue weighted by Gasteiger charge is 2.61. The van der Waals surface area contributed by atoms with E-state index in [4.69, 9.17) is 0 Å². The lowest BCUT2D eigenvalue weighted by Crippen LogP contribution is -2.55. The summed E-state index contributed by atoms with van der Waals surface area (Å²) in [5.41, 5.74) is 22.0. The van der Waals surface area contributed by atoms with Gasteiger partial charge in [0, 0.05) is 34.9 Å². The molecule has 0 atom stereocenters. The number of pyridine rings is 1. The summed E-state index contributed by atoms with van der Waals surface area (Å²) in [7, 11) is 0. The first kappa shape index (κ1) is 40.0. The normalized spacial score (nSPS) is 20.7. The molecule has 1 aromatic heterocycles. The van der Waals surface area contributed by atoms with Gasteiger partial charge in [-0.05, 0) is 219 Å². The molecule has 4 fully saturated rings. The molecule has 324 valence electrons. The molecule has 1 spiro atoms. The molecule has 67 heavy (non-hydrogen) atoms. The number of hydrogen-bond donors (Lipinski definition) is 0. The topological polar surface area (TPSA) is 16.1 Å². The average Bonchev–Trinajstić information content (AvgIpc) is 3.65. The van der Waals surface area contributed by atoms with Crippen LogP contribution >= 0.6 is 0 Å². The molecule has 5 aliphatic carbocycles. The van der Waals surface area contributed by atoms with E-state index in [1.807, 2.05) is 18.5 Å². The summed E-state index contributed by atoms with van der Waals surface area (Å²) in [5, 5.41) is 0. The van der Waals surface area contributed by atoms with Crippen molar-refractivity contribution in [3.05, 3.63) is 229 Å². The van der Waals surface area contributed by atoms with Gasteiger partial charge in [-0.25, -0.2) is 4.39 Å². The molecule has 0 N–H and O–H groups in total. The summed E-state index contributed by atoms with van der Waals surface area (Å²) in [6, 6.07) is 70.1. The fourth-order valence-corrected chi connectivity index (χ4v) is 13.3. The van der Waals surface area contributed by atoms with Crippen LogP contribution in [0.2, 0.25) is 0 Å². The van der Waals surface area contributed by atoms with Gasteiger partial charge in [-0.3, -0.25) is 4.98 Å². The first-order valence-corrected chi connectivity index (χ1v) is 24.2. The van der Waals surface area contributed by atoms with E-state index in [0.29, 0.717) is 11.8 Å². The standard InChI is InChI=1S/C64H51FN2/c1-41-10-21-55(22-11-41)67(56-23-16-46(17-24-56)44-6-3-2-4-7-44)57-25-18-47(19-26-57)45-12-14-48(15-13-45)60-40-63-61(39-59(60)49-28-30-66-31-29-49)58-27-20-51(50-8-5-9-54(65)37-50)38-62(58)64(63)52-33-42-32-43(35-52)36-53(64)34-42/h2-31,37-40,42-43,52-53H,32-36H2,1H3. The van der Waals surface area contributed by atoms with Crippen LogP contribution in [0.4, 0.5) is 21.5 Å². The Bertz CT molecular complexity index is 3260. The lowest BCUT2D eigenvalue weighted by atomic mass is 9.43. The quantitative estimate of drug-likeness (QED) is 0.151. The summed E-state index contributed by atoms with van der Waals surface area (Å²) in [6.07, 6.45) is 10.4. The second kappa shape index (κ2) is 15.9. The number of benzene rings is 8. The van der Waals surface area contributed by atoms with Crippen LogP contribution < -0.4 is 4.90 Å². The maximum Gasteiger partial charge on any atom is 0.123 e. The number of halogens is 1. The Kier molecular flexibility index (Phi) is 9.49. The first-order chi connectivity index (χ1) is 33.0. The lowest BCUT2D eigenvalue weighted by molar-refractivity contribution is -0.0399. The Hall–Kier alpha value is -7.36. The van der Waals surface area contributed by atoms with Crippen LogP contribution in [0.1, 0.15) is 48.8 Å². The SMILES string of the molecule is Cc1ccc(N(c2ccc(-c3ccccc3)cc2)c2ccc(-c3ccc(-c4cc5c(cc4-c4ccncc4)-c4ccc(-c6cccc(F)c6)cc4C54C5CC6CC(C5)CC4C6)cc3)cc2)cc1. The number of aromatic nitrogens is 1. The molecule has 0 amide bonds. The number of fused-ring (bicyclic) bond motifs is 3. The van der Waals surface area contributed by atoms with Gasteiger partial charge in [-0.15, -0.1) is 0 Å². The Morgan fingerprint density at radius 3 is 1.49 bits per heavy atom. The van der Waals surface area contributed by atoms with Crippen molar-refractivity contribution < 1.29 is 4.39 Å². The molecule has 0 saturated heterocycles. The minimum atomic E-state index is -0.189. The van der Waals surface area contributed by atoms with E-state index in [9.17, 15) is 4.39 Å². The third kappa shape index (κ3) is 6.69. The number of rotatable bonds is 8. The van der Waals surface area contributed by atoms with Crippen LogP contribution in [0.25, 0.3) is 66.8 Å². The van der Waals surface area contributed by atoms with E-state index in [1.54, 1.807) is 12.1 Å². The summed E-state index contributed by atoms with van der Waals surface area (Å²) in [4.78, 5) is 6.77. The van der Waals surface area contributed by atoms with Crippen LogP contribution in [0.5, 0.6) is 0 Å². The Morgan fingerprint density at radius 2 is 0.881 bits per heavy atom. The average molecular weight is 867 g/mol. The van der Waals surface area contributed by atoms with Gasteiger partial charge in [-0.2, -0.15) is 0 Å². The zero-order valence-corrected chi connectivity index (χ0v) is 37.7. The number of nitrogens with zero attached hydrogens (tertiary/aromatic N) is 2. The summed E-state index contributed by atoms with van der Waals surface area (Å²) in [5.74, 6) is 2.69. The van der Waals surface area contributed by atoms with E-state index < -0.39 is 0 Å². The Morgan fingerprint density at radius 1 is 0.403 bits per heavy atom. The molecular weight excluding hydrogens is 816 g/mol. The highest BCUT2D eigenvalue weighted by atomic mass is 19.1. The van der Waals surface area contributed by atoms with Crippen molar-refractivity contribution in [1.29, 1.82) is 0 Å². The molecule has 4 bridgehead atoms. The van der Waals surface area contributed by atoms with Crippen molar-refractivity contribution in [1.82, 2.24) is 4.98 Å². The zero-order valence-electron chi connectivity index (χ0n) is 37.7. The van der Waals surface area contributed by atoms with Gasteiger partial charge in [-0.1, -0.05) is 121 Å². The summed E-state index contributed by atoms with van der Waals surface area (Å²) < 4.78 is 14.7. The van der Waals surface area contributed by atoms with Gasteiger partial charge in [0.15, 0.2) is 0 Å². The second-order valence-electron chi connectivity index (χ2n) is 19.8. The van der Waals surface area contributed by atoms with Crippen LogP contribution in [0.3, 0.4) is 0 Å². The van der Waals surface area contributed by atoms with Crippen LogP contribution in [-0.4, -0.2) is 4.98 Å². The van der Waals surface area contributed by atoms with E-state index in [-0.39, 0.29) is 11.2 Å². The molecule has 9 aromatic rings. The summed E-state index contributed by atoms with van der Waals surface area (Å²) in [6.45, 7) is 2.14. The Balaban J connectivity index is 0.886. The van der Waals surface area contributed by atoms with Crippen molar-refractivity contribution in [3.63, 3.8) is 0 Å². The molecule has 14 rings (SSSR count). The molecule has 0 radical (unpaired) electrons. The molecule has 4 saturated carbocycles. The van der Waals surface area contributed by atoms with Crippen molar-refractivity contribution in [2.75, 3.05) is 4.90 Å². The molecule has 3 heteroatoms. The zero-order chi connectivity index (χ0) is 44.6. The van der Waals surface area contributed by atoms with Crippen molar-refractivity contribution >= 4 is 17.1 Å². The van der Waals surface area contributed by atoms with Gasteiger partial charge in [0.05, 0.1) is 0 Å². The van der Waals surface area contributed by atoms with Crippen molar-refractivity contribution in [2.24, 2.45) is 23.7 Å². The minimum Gasteiger partial charge on any atom is -0.311 e. The van der Waals surface area contributed by atoms with Gasteiger partial charge in [0.1, 0.15) is 5.82 Å². The van der Waals surface area contributed by atoms with Gasteiger partial charge in [0.25, 0.3) is 0 Å². The fraction of sp³-hybridized carbons (Fsp3) is 0.172. The minimum absolute atomic E-state index is 0.0506. The van der Waals surface area contributed by atoms with E-state index in [2.05, 4.69) is 193 Å². The predicted octanol–water partition coefficient (Wildman–Crippen LogP) is 17.1. The highest BCUT2D eigenvalue weighted by Crippen LogP contribution is 2.70. The maximum atomic E-state index is 14.7. The number of hydrogen-bond acceptors (Lipinski definition) is 2. The summed E-state index contributed by atoms with van der Waals surface area (Å²) >= 11 is 0. The van der Waals surface area contributed by atoms with Gasteiger partial charge < -0.3 is 4.90 Å². The third-order valence-electron chi connectivity index (χ3n) is 16.1. The van der Waals surface area contributed by atoms with Crippen molar-refractivity contribution in [2.45, 2.75) is 44.4 Å². The van der Waals surface area contributed by atoms with Gasteiger partial charge >= 0.3 is 0 Å². The van der Waals surface area contributed by atoms with Crippen LogP contribution in [-0.2, 0) is 5.41 Å². The van der Waals surface area contributed by atoms with Crippen LogP contribution in [0, 0.1) is 36.4 Å². The number of anilines is 3. The van der Waals surface area contributed by atoms with E-state index in [0.717, 1.165) is 40.0 Å². The molecule has 8 aromatic carbocycles. The molecule has 1 heterocycles. The van der Waals surface area contributed by atoms with E-state index >= 15 is 0 Å². The first-order valence-electron chi connectivity index (χ1n) is 24.2. The Labute approximate surface area is 393 Å². The highest BCUT2D eigenvalue weighted by molar-refractivity contribution is 5.94. The predicted molar refractivity (Wildman–Crippen MR) is 274 cm³/mol. The second-order valence-corrected chi connectivity index (χ2v) is 19.8. The molecule has 5 aliphatic rings.